The average molecular weight is 253 g/mol. The largest absolute Gasteiger partial charge is 0.481 e. The third-order valence-electron chi connectivity index (χ3n) is 3.25. The van der Waals surface area contributed by atoms with Crippen molar-refractivity contribution in [3.05, 3.63) is 18.0 Å². The minimum absolute atomic E-state index is 0.224. The van der Waals surface area contributed by atoms with Crippen molar-refractivity contribution in [1.29, 1.82) is 0 Å². The fraction of sp³-hybridized carbons (Fsp3) is 0.692. The molecule has 0 saturated carbocycles. The fourth-order valence-electron chi connectivity index (χ4n) is 2.28. The monoisotopic (exact) mass is 253 g/mol. The first kappa shape index (κ1) is 14.7. The molecule has 0 saturated heterocycles. The van der Waals surface area contributed by atoms with E-state index in [1.54, 1.807) is 6.20 Å². The van der Waals surface area contributed by atoms with E-state index < -0.39 is 5.97 Å². The SMILES string of the molecule is CC(C)N(CCCC(=O)O)C(C)c1ccnn1C. The van der Waals surface area contributed by atoms with Crippen LogP contribution in [0.25, 0.3) is 0 Å². The fourth-order valence-corrected chi connectivity index (χ4v) is 2.28. The van der Waals surface area contributed by atoms with E-state index >= 15 is 0 Å². The van der Waals surface area contributed by atoms with Gasteiger partial charge in [0.2, 0.25) is 0 Å². The molecule has 0 radical (unpaired) electrons. The maximum absolute atomic E-state index is 10.6. The van der Waals surface area contributed by atoms with Gasteiger partial charge in [0.15, 0.2) is 0 Å². The van der Waals surface area contributed by atoms with E-state index in [1.807, 2.05) is 17.8 Å². The molecule has 1 aromatic rings. The predicted molar refractivity (Wildman–Crippen MR) is 70.3 cm³/mol. The summed E-state index contributed by atoms with van der Waals surface area (Å²) in [5.74, 6) is -0.730. The molecular formula is C13H23N3O2. The quantitative estimate of drug-likeness (QED) is 0.808. The molecule has 0 aromatic carbocycles. The van der Waals surface area contributed by atoms with Gasteiger partial charge in [0.25, 0.3) is 0 Å². The van der Waals surface area contributed by atoms with Gasteiger partial charge < -0.3 is 5.11 Å². The molecule has 0 bridgehead atoms. The number of aliphatic carboxylic acids is 1. The number of nitrogens with zero attached hydrogens (tertiary/aromatic N) is 3. The van der Waals surface area contributed by atoms with Crippen LogP contribution in [-0.4, -0.2) is 38.3 Å². The van der Waals surface area contributed by atoms with Gasteiger partial charge in [0.05, 0.1) is 5.69 Å². The van der Waals surface area contributed by atoms with Crippen LogP contribution in [0, 0.1) is 0 Å². The zero-order chi connectivity index (χ0) is 13.7. The van der Waals surface area contributed by atoms with Gasteiger partial charge in [-0.25, -0.2) is 0 Å². The lowest BCUT2D eigenvalue weighted by atomic mass is 10.1. The van der Waals surface area contributed by atoms with Crippen molar-refractivity contribution in [3.63, 3.8) is 0 Å². The highest BCUT2D eigenvalue weighted by Crippen LogP contribution is 2.22. The van der Waals surface area contributed by atoms with Crippen molar-refractivity contribution in [1.82, 2.24) is 14.7 Å². The highest BCUT2D eigenvalue weighted by atomic mass is 16.4. The summed E-state index contributed by atoms with van der Waals surface area (Å²) in [6.07, 6.45) is 2.69. The first-order chi connectivity index (χ1) is 8.43. The third kappa shape index (κ3) is 3.84. The lowest BCUT2D eigenvalue weighted by Crippen LogP contribution is -2.35. The van der Waals surface area contributed by atoms with E-state index in [1.165, 1.54) is 0 Å². The molecule has 1 aromatic heterocycles. The van der Waals surface area contributed by atoms with Gasteiger partial charge in [-0.15, -0.1) is 0 Å². The van der Waals surface area contributed by atoms with Gasteiger partial charge in [0.1, 0.15) is 0 Å². The zero-order valence-corrected chi connectivity index (χ0v) is 11.6. The summed E-state index contributed by atoms with van der Waals surface area (Å²) in [6, 6.07) is 2.63. The van der Waals surface area contributed by atoms with Crippen LogP contribution in [0.5, 0.6) is 0 Å². The second-order valence-electron chi connectivity index (χ2n) is 4.88. The molecule has 1 N–H and O–H groups in total. The van der Waals surface area contributed by atoms with Crippen LogP contribution in [0.1, 0.15) is 45.3 Å². The van der Waals surface area contributed by atoms with E-state index in [2.05, 4.69) is 30.8 Å². The molecule has 5 heteroatoms. The van der Waals surface area contributed by atoms with E-state index in [0.29, 0.717) is 12.5 Å². The van der Waals surface area contributed by atoms with Crippen LogP contribution < -0.4 is 0 Å². The number of carboxylic acid groups (broad SMARTS) is 1. The molecule has 0 spiro atoms. The molecule has 0 aliphatic carbocycles. The van der Waals surface area contributed by atoms with Crippen molar-refractivity contribution < 1.29 is 9.90 Å². The first-order valence-electron chi connectivity index (χ1n) is 6.39. The molecule has 0 amide bonds. The number of carbonyl (C=O) groups is 1. The Morgan fingerprint density at radius 1 is 1.50 bits per heavy atom. The topological polar surface area (TPSA) is 58.4 Å². The van der Waals surface area contributed by atoms with Gasteiger partial charge in [-0.2, -0.15) is 5.10 Å². The number of hydrogen-bond donors (Lipinski definition) is 1. The number of rotatable bonds is 7. The molecule has 0 aliphatic rings. The Balaban J connectivity index is 2.67. The maximum atomic E-state index is 10.6. The van der Waals surface area contributed by atoms with Crippen molar-refractivity contribution in [3.8, 4) is 0 Å². The van der Waals surface area contributed by atoms with Gasteiger partial charge in [-0.05, 0) is 39.8 Å². The van der Waals surface area contributed by atoms with Crippen LogP contribution in [0.3, 0.4) is 0 Å². The van der Waals surface area contributed by atoms with Crippen LogP contribution in [0.15, 0.2) is 12.3 Å². The molecule has 0 aliphatic heterocycles. The number of hydrogen-bond acceptors (Lipinski definition) is 3. The predicted octanol–water partition coefficient (Wildman–Crippen LogP) is 2.06. The highest BCUT2D eigenvalue weighted by molar-refractivity contribution is 5.66. The standard InChI is InChI=1S/C13H23N3O2/c1-10(2)16(9-5-6-13(17)18)11(3)12-7-8-14-15(12)4/h7-8,10-11H,5-6,9H2,1-4H3,(H,17,18). The van der Waals surface area contributed by atoms with E-state index in [4.69, 9.17) is 5.11 Å². The van der Waals surface area contributed by atoms with Crippen molar-refractivity contribution in [2.75, 3.05) is 6.54 Å². The number of aryl methyl sites for hydroxylation is 1. The lowest BCUT2D eigenvalue weighted by molar-refractivity contribution is -0.137. The summed E-state index contributed by atoms with van der Waals surface area (Å²) in [6.45, 7) is 7.19. The normalized spacial score (nSPS) is 13.2. The Labute approximate surface area is 108 Å². The van der Waals surface area contributed by atoms with Crippen LogP contribution in [0.4, 0.5) is 0 Å². The summed E-state index contributed by atoms with van der Waals surface area (Å²) < 4.78 is 1.87. The molecule has 0 fully saturated rings. The second kappa shape index (κ2) is 6.54. The van der Waals surface area contributed by atoms with Crippen LogP contribution in [0.2, 0.25) is 0 Å². The van der Waals surface area contributed by atoms with E-state index in [0.717, 1.165) is 12.2 Å². The zero-order valence-electron chi connectivity index (χ0n) is 11.6. The molecule has 1 atom stereocenters. The molecular weight excluding hydrogens is 230 g/mol. The summed E-state index contributed by atoms with van der Waals surface area (Å²) in [5, 5.41) is 12.9. The smallest absolute Gasteiger partial charge is 0.303 e. The number of aromatic nitrogens is 2. The minimum Gasteiger partial charge on any atom is -0.481 e. The third-order valence-corrected chi connectivity index (χ3v) is 3.25. The van der Waals surface area contributed by atoms with Gasteiger partial charge in [-0.1, -0.05) is 0 Å². The van der Waals surface area contributed by atoms with E-state index in [9.17, 15) is 4.79 Å². The van der Waals surface area contributed by atoms with Crippen molar-refractivity contribution in [2.45, 2.75) is 45.7 Å². The molecule has 5 nitrogen and oxygen atoms in total. The minimum atomic E-state index is -0.730. The van der Waals surface area contributed by atoms with Gasteiger partial charge >= 0.3 is 5.97 Å². The molecule has 1 unspecified atom stereocenters. The van der Waals surface area contributed by atoms with Gasteiger partial charge in [0, 0.05) is 31.7 Å². The Bertz CT molecular complexity index is 387. The summed E-state index contributed by atoms with van der Waals surface area (Å²) in [4.78, 5) is 12.9. The summed E-state index contributed by atoms with van der Waals surface area (Å²) in [7, 11) is 1.93. The maximum Gasteiger partial charge on any atom is 0.303 e. The Hall–Kier alpha value is -1.36. The average Bonchev–Trinajstić information content (AvgIpc) is 2.69. The summed E-state index contributed by atoms with van der Waals surface area (Å²) in [5.41, 5.74) is 1.15. The Kier molecular flexibility index (Phi) is 5.34. The Morgan fingerprint density at radius 3 is 2.61 bits per heavy atom. The first-order valence-corrected chi connectivity index (χ1v) is 6.39. The number of carboxylic acids is 1. The van der Waals surface area contributed by atoms with Crippen molar-refractivity contribution in [2.24, 2.45) is 7.05 Å². The van der Waals surface area contributed by atoms with Crippen molar-refractivity contribution >= 4 is 5.97 Å². The second-order valence-corrected chi connectivity index (χ2v) is 4.88. The highest BCUT2D eigenvalue weighted by Gasteiger charge is 2.20. The molecule has 1 rings (SSSR count). The summed E-state index contributed by atoms with van der Waals surface area (Å²) >= 11 is 0. The molecule has 18 heavy (non-hydrogen) atoms. The molecule has 102 valence electrons. The Morgan fingerprint density at radius 2 is 2.17 bits per heavy atom. The lowest BCUT2D eigenvalue weighted by Gasteiger charge is -2.32. The van der Waals surface area contributed by atoms with E-state index in [-0.39, 0.29) is 12.5 Å². The molecule has 1 heterocycles. The van der Waals surface area contributed by atoms with Crippen LogP contribution in [-0.2, 0) is 11.8 Å². The van der Waals surface area contributed by atoms with Gasteiger partial charge in [-0.3, -0.25) is 14.4 Å². The van der Waals surface area contributed by atoms with Crippen LogP contribution >= 0.6 is 0 Å².